The van der Waals surface area contributed by atoms with E-state index in [1.54, 1.807) is 0 Å². The summed E-state index contributed by atoms with van der Waals surface area (Å²) in [6, 6.07) is 16.4. The number of amides is 1. The Labute approximate surface area is 147 Å². The lowest BCUT2D eigenvalue weighted by Gasteiger charge is -2.29. The molecule has 0 bridgehead atoms. The average Bonchev–Trinajstić information content (AvgIpc) is 2.99. The molecule has 0 saturated heterocycles. The van der Waals surface area contributed by atoms with E-state index in [9.17, 15) is 4.79 Å². The van der Waals surface area contributed by atoms with Crippen LogP contribution in [0.1, 0.15) is 36.5 Å². The molecule has 128 valence electrons. The topological polar surface area (TPSA) is 47.6 Å². The number of hydrogen-bond donors (Lipinski definition) is 2. The standard InChI is InChI=1S/C20H22N4O/c1-3-8-18(25)24-13-14-9-4-5-10-15(14)20-19(21-22-23(20)2)16-11-6-7-12-17(16)24/h4-7,9-12,21-22H,3,8,13H2,1-2H3. The van der Waals surface area contributed by atoms with Crippen LogP contribution in [0.5, 0.6) is 0 Å². The summed E-state index contributed by atoms with van der Waals surface area (Å²) in [6.45, 7) is 2.62. The fourth-order valence-corrected chi connectivity index (χ4v) is 3.57. The van der Waals surface area contributed by atoms with Crippen LogP contribution in [0.4, 0.5) is 5.69 Å². The summed E-state index contributed by atoms with van der Waals surface area (Å²) in [6.07, 6.45) is 1.39. The van der Waals surface area contributed by atoms with E-state index in [0.29, 0.717) is 13.0 Å². The molecule has 2 aromatic carbocycles. The van der Waals surface area contributed by atoms with Gasteiger partial charge in [-0.15, -0.1) is 5.53 Å². The van der Waals surface area contributed by atoms with Crippen molar-refractivity contribution in [2.75, 3.05) is 11.9 Å². The van der Waals surface area contributed by atoms with Gasteiger partial charge in [0.1, 0.15) is 0 Å². The number of rotatable bonds is 2. The third-order valence-corrected chi connectivity index (χ3v) is 4.75. The second kappa shape index (κ2) is 6.26. The monoisotopic (exact) mass is 334 g/mol. The molecule has 2 heterocycles. The highest BCUT2D eigenvalue weighted by atomic mass is 16.2. The lowest BCUT2D eigenvalue weighted by Crippen LogP contribution is -2.34. The van der Waals surface area contributed by atoms with Crippen LogP contribution >= 0.6 is 0 Å². The van der Waals surface area contributed by atoms with Gasteiger partial charge in [-0.25, -0.2) is 0 Å². The Bertz CT molecular complexity index is 858. The lowest BCUT2D eigenvalue weighted by molar-refractivity contribution is -0.118. The van der Waals surface area contributed by atoms with Crippen molar-refractivity contribution in [2.45, 2.75) is 26.3 Å². The Balaban J connectivity index is 1.98. The Morgan fingerprint density at radius 3 is 2.60 bits per heavy atom. The van der Waals surface area contributed by atoms with E-state index >= 15 is 0 Å². The number of carbonyl (C=O) groups is 1. The zero-order chi connectivity index (χ0) is 17.4. The second-order valence-electron chi connectivity index (χ2n) is 6.42. The number of benzene rings is 2. The van der Waals surface area contributed by atoms with Crippen molar-refractivity contribution in [1.82, 2.24) is 16.0 Å². The first-order chi connectivity index (χ1) is 12.2. The zero-order valence-corrected chi connectivity index (χ0v) is 14.5. The molecule has 5 heteroatoms. The van der Waals surface area contributed by atoms with Crippen LogP contribution in [0.25, 0.3) is 11.4 Å². The predicted octanol–water partition coefficient (Wildman–Crippen LogP) is 3.11. The van der Waals surface area contributed by atoms with Gasteiger partial charge in [0.2, 0.25) is 5.91 Å². The van der Waals surface area contributed by atoms with Crippen molar-refractivity contribution < 1.29 is 4.79 Å². The molecule has 1 amide bonds. The molecule has 0 unspecified atom stereocenters. The highest BCUT2D eigenvalue weighted by Crippen LogP contribution is 2.38. The molecule has 2 aliphatic heterocycles. The van der Waals surface area contributed by atoms with Crippen molar-refractivity contribution in [2.24, 2.45) is 0 Å². The van der Waals surface area contributed by atoms with E-state index in [0.717, 1.165) is 40.2 Å². The number of hydrogen-bond acceptors (Lipinski definition) is 4. The summed E-state index contributed by atoms with van der Waals surface area (Å²) < 4.78 is 0. The van der Waals surface area contributed by atoms with Gasteiger partial charge in [-0.3, -0.25) is 9.80 Å². The molecule has 4 rings (SSSR count). The van der Waals surface area contributed by atoms with E-state index in [-0.39, 0.29) is 5.91 Å². The number of anilines is 1. The van der Waals surface area contributed by atoms with Gasteiger partial charge in [-0.2, -0.15) is 0 Å². The largest absolute Gasteiger partial charge is 0.307 e. The molecule has 2 aliphatic rings. The average molecular weight is 334 g/mol. The summed E-state index contributed by atoms with van der Waals surface area (Å²) >= 11 is 0. The van der Waals surface area contributed by atoms with Crippen LogP contribution in [-0.2, 0) is 11.3 Å². The fraction of sp³-hybridized carbons (Fsp3) is 0.250. The summed E-state index contributed by atoms with van der Waals surface area (Å²) in [7, 11) is 2.00. The van der Waals surface area contributed by atoms with Crippen LogP contribution in [0.3, 0.4) is 0 Å². The van der Waals surface area contributed by atoms with Crippen LogP contribution in [0, 0.1) is 0 Å². The van der Waals surface area contributed by atoms with Crippen molar-refractivity contribution in [3.8, 4) is 0 Å². The number of para-hydroxylation sites is 1. The molecule has 0 spiro atoms. The zero-order valence-electron chi connectivity index (χ0n) is 14.5. The summed E-state index contributed by atoms with van der Waals surface area (Å²) in [5.74, 6) is 0.160. The van der Waals surface area contributed by atoms with E-state index in [2.05, 4.69) is 29.2 Å². The van der Waals surface area contributed by atoms with Crippen LogP contribution in [-0.4, -0.2) is 18.0 Å². The van der Waals surface area contributed by atoms with Gasteiger partial charge in [0.25, 0.3) is 0 Å². The van der Waals surface area contributed by atoms with Crippen LogP contribution < -0.4 is 15.9 Å². The van der Waals surface area contributed by atoms with Crippen molar-refractivity contribution in [3.63, 3.8) is 0 Å². The van der Waals surface area contributed by atoms with Crippen LogP contribution in [0.2, 0.25) is 0 Å². The quantitative estimate of drug-likeness (QED) is 0.886. The number of fused-ring (bicyclic) bond motifs is 4. The minimum atomic E-state index is 0.160. The number of nitrogens with one attached hydrogen (secondary N) is 2. The molecule has 2 aromatic rings. The number of nitrogens with zero attached hydrogens (tertiary/aromatic N) is 2. The highest BCUT2D eigenvalue weighted by molar-refractivity contribution is 6.01. The van der Waals surface area contributed by atoms with Crippen molar-refractivity contribution >= 4 is 23.0 Å². The van der Waals surface area contributed by atoms with E-state index in [4.69, 9.17) is 0 Å². The first kappa shape index (κ1) is 15.7. The summed E-state index contributed by atoms with van der Waals surface area (Å²) in [5.41, 5.74) is 12.8. The van der Waals surface area contributed by atoms with Gasteiger partial charge in [0.15, 0.2) is 0 Å². The molecule has 0 fully saturated rings. The molecular weight excluding hydrogens is 312 g/mol. The minimum absolute atomic E-state index is 0.160. The van der Waals surface area contributed by atoms with Gasteiger partial charge in [0, 0.05) is 24.6 Å². The highest BCUT2D eigenvalue weighted by Gasteiger charge is 2.30. The smallest absolute Gasteiger partial charge is 0.227 e. The molecule has 0 radical (unpaired) electrons. The molecule has 2 N–H and O–H groups in total. The fourth-order valence-electron chi connectivity index (χ4n) is 3.57. The molecule has 25 heavy (non-hydrogen) atoms. The first-order valence-corrected chi connectivity index (χ1v) is 8.68. The van der Waals surface area contributed by atoms with Gasteiger partial charge < -0.3 is 10.3 Å². The van der Waals surface area contributed by atoms with Crippen molar-refractivity contribution in [1.29, 1.82) is 0 Å². The summed E-state index contributed by atoms with van der Waals surface area (Å²) in [5, 5.41) is 1.99. The number of hydrazine groups is 2. The molecule has 0 atom stereocenters. The Kier molecular flexibility index (Phi) is 3.93. The Morgan fingerprint density at radius 1 is 1.08 bits per heavy atom. The minimum Gasteiger partial charge on any atom is -0.307 e. The van der Waals surface area contributed by atoms with E-state index in [1.807, 2.05) is 54.2 Å². The van der Waals surface area contributed by atoms with Crippen molar-refractivity contribution in [3.05, 3.63) is 65.2 Å². The number of carbonyl (C=O) groups excluding carboxylic acids is 1. The first-order valence-electron chi connectivity index (χ1n) is 8.68. The van der Waals surface area contributed by atoms with E-state index in [1.165, 1.54) is 0 Å². The lowest BCUT2D eigenvalue weighted by atomic mass is 9.96. The molecule has 5 nitrogen and oxygen atoms in total. The van der Waals surface area contributed by atoms with Gasteiger partial charge in [0.05, 0.1) is 23.6 Å². The Morgan fingerprint density at radius 2 is 1.80 bits per heavy atom. The Hall–Kier alpha value is -2.79. The van der Waals surface area contributed by atoms with Crippen LogP contribution in [0.15, 0.2) is 48.5 Å². The molecule has 0 aliphatic carbocycles. The third kappa shape index (κ3) is 2.57. The van der Waals surface area contributed by atoms with E-state index < -0.39 is 0 Å². The van der Waals surface area contributed by atoms with Gasteiger partial charge in [-0.1, -0.05) is 49.4 Å². The third-order valence-electron chi connectivity index (χ3n) is 4.75. The normalized spacial score (nSPS) is 15.8. The van der Waals surface area contributed by atoms with Gasteiger partial charge in [-0.05, 0) is 18.1 Å². The molecule has 0 aromatic heterocycles. The maximum Gasteiger partial charge on any atom is 0.227 e. The van der Waals surface area contributed by atoms with Gasteiger partial charge >= 0.3 is 0 Å². The molecular formula is C20H22N4O. The maximum atomic E-state index is 12.9. The molecule has 0 saturated carbocycles. The second-order valence-corrected chi connectivity index (χ2v) is 6.42. The predicted molar refractivity (Wildman–Crippen MR) is 99.8 cm³/mol. The summed E-state index contributed by atoms with van der Waals surface area (Å²) in [4.78, 5) is 14.8. The SMILES string of the molecule is CCCC(=O)N1Cc2ccccc2C2=C(NNN2C)c2ccccc21. The maximum absolute atomic E-state index is 12.9.